The number of ether oxygens (including phenoxy) is 1. The van der Waals surface area contributed by atoms with E-state index < -0.39 is 21.8 Å². The Hall–Kier alpha value is -3.01. The molecular formula is C21H26FN3O5S. The van der Waals surface area contributed by atoms with Crippen LogP contribution in [0.1, 0.15) is 37.4 Å². The quantitative estimate of drug-likeness (QED) is 0.372. The van der Waals surface area contributed by atoms with Gasteiger partial charge in [-0.15, -0.1) is 0 Å². The number of hydrogen-bond acceptors (Lipinski definition) is 7. The second-order valence-electron chi connectivity index (χ2n) is 7.29. The number of aliphatic hydroxyl groups is 1. The number of carbonyl (C=O) groups is 1. The summed E-state index contributed by atoms with van der Waals surface area (Å²) >= 11 is 0. The fourth-order valence-corrected chi connectivity index (χ4v) is 3.25. The molecule has 0 aliphatic heterocycles. The highest BCUT2D eigenvalue weighted by atomic mass is 32.2. The first-order chi connectivity index (χ1) is 14.4. The minimum atomic E-state index is -3.61. The smallest absolute Gasteiger partial charge is 0.333 e. The van der Waals surface area contributed by atoms with Crippen molar-refractivity contribution in [2.75, 3.05) is 24.7 Å². The highest BCUT2D eigenvalue weighted by Gasteiger charge is 2.23. The van der Waals surface area contributed by atoms with Gasteiger partial charge in [0.1, 0.15) is 5.82 Å². The van der Waals surface area contributed by atoms with Crippen LogP contribution in [0.25, 0.3) is 11.3 Å². The third-order valence-electron chi connectivity index (χ3n) is 4.59. The molecule has 0 atom stereocenters. The summed E-state index contributed by atoms with van der Waals surface area (Å²) in [6, 6.07) is 5.65. The zero-order chi connectivity index (χ0) is 23.3. The lowest BCUT2D eigenvalue weighted by atomic mass is 9.95. The van der Waals surface area contributed by atoms with Gasteiger partial charge in [-0.05, 0) is 36.6 Å². The summed E-state index contributed by atoms with van der Waals surface area (Å²) in [7, 11) is -1.05. The van der Waals surface area contributed by atoms with Crippen LogP contribution in [0.2, 0.25) is 0 Å². The standard InChI is InChI=1S/C21H26FN3O5S/c1-13(2)19-17(11-10-16(26)12-18(27)30-4)20(14-6-8-15(22)9-7-14)24-21(23-19)25(3)31(5,28)29/h6-9,12-13,26H,10-11H2,1-5H3. The fraction of sp³-hybridized carbons (Fsp3) is 0.381. The molecule has 1 N–H and O–H groups in total. The lowest BCUT2D eigenvalue weighted by molar-refractivity contribution is -0.135. The molecule has 0 saturated heterocycles. The van der Waals surface area contributed by atoms with Gasteiger partial charge in [-0.2, -0.15) is 0 Å². The van der Waals surface area contributed by atoms with E-state index in [1.165, 1.54) is 26.3 Å². The number of aliphatic hydroxyl groups excluding tert-OH is 1. The van der Waals surface area contributed by atoms with Crippen molar-refractivity contribution in [2.45, 2.75) is 32.6 Å². The van der Waals surface area contributed by atoms with Gasteiger partial charge in [-0.3, -0.25) is 0 Å². The van der Waals surface area contributed by atoms with Gasteiger partial charge >= 0.3 is 5.97 Å². The first kappa shape index (κ1) is 24.3. The molecule has 0 unspecified atom stereocenters. The Morgan fingerprint density at radius 2 is 1.87 bits per heavy atom. The van der Waals surface area contributed by atoms with Gasteiger partial charge in [0.15, 0.2) is 0 Å². The molecule has 10 heteroatoms. The molecule has 2 rings (SSSR count). The molecule has 168 valence electrons. The normalized spacial score (nSPS) is 12.2. The van der Waals surface area contributed by atoms with Gasteiger partial charge in [0.25, 0.3) is 0 Å². The second kappa shape index (κ2) is 9.86. The fourth-order valence-electron chi connectivity index (χ4n) is 2.87. The highest BCUT2D eigenvalue weighted by Crippen LogP contribution is 2.31. The third-order valence-corrected chi connectivity index (χ3v) is 5.75. The number of hydrogen-bond donors (Lipinski definition) is 1. The summed E-state index contributed by atoms with van der Waals surface area (Å²) in [4.78, 5) is 20.3. The number of esters is 1. The minimum Gasteiger partial charge on any atom is -0.512 e. The van der Waals surface area contributed by atoms with Crippen LogP contribution in [0.5, 0.6) is 0 Å². The summed E-state index contributed by atoms with van der Waals surface area (Å²) in [6.07, 6.45) is 2.40. The molecule has 1 aromatic carbocycles. The Kier molecular flexibility index (Phi) is 7.72. The molecule has 0 aliphatic carbocycles. The number of benzene rings is 1. The Morgan fingerprint density at radius 1 is 1.26 bits per heavy atom. The predicted molar refractivity (Wildman–Crippen MR) is 116 cm³/mol. The summed E-state index contributed by atoms with van der Waals surface area (Å²) in [5, 5.41) is 10.1. The topological polar surface area (TPSA) is 110 Å². The minimum absolute atomic E-state index is 0.0106. The number of halogens is 1. The molecule has 8 nitrogen and oxygen atoms in total. The van der Waals surface area contributed by atoms with E-state index in [2.05, 4.69) is 14.7 Å². The predicted octanol–water partition coefficient (Wildman–Crippen LogP) is 3.35. The molecule has 0 amide bonds. The summed E-state index contributed by atoms with van der Waals surface area (Å²) in [5.41, 5.74) is 2.25. The van der Waals surface area contributed by atoms with Crippen LogP contribution in [-0.4, -0.2) is 49.9 Å². The molecule has 31 heavy (non-hydrogen) atoms. The van der Waals surface area contributed by atoms with E-state index in [9.17, 15) is 22.7 Å². The number of anilines is 1. The number of methoxy groups -OCH3 is 1. The molecule has 0 saturated carbocycles. The first-order valence-electron chi connectivity index (χ1n) is 9.52. The molecular weight excluding hydrogens is 425 g/mol. The van der Waals surface area contributed by atoms with Crippen molar-refractivity contribution in [2.24, 2.45) is 0 Å². The Bertz CT molecular complexity index is 1080. The van der Waals surface area contributed by atoms with E-state index in [1.54, 1.807) is 12.1 Å². The summed E-state index contributed by atoms with van der Waals surface area (Å²) in [5.74, 6) is -1.39. The van der Waals surface area contributed by atoms with Crippen LogP contribution in [0.4, 0.5) is 10.3 Å². The average Bonchev–Trinajstić information content (AvgIpc) is 2.70. The van der Waals surface area contributed by atoms with Crippen molar-refractivity contribution in [3.63, 3.8) is 0 Å². The van der Waals surface area contributed by atoms with Crippen LogP contribution < -0.4 is 4.31 Å². The van der Waals surface area contributed by atoms with Crippen molar-refractivity contribution in [1.29, 1.82) is 0 Å². The Labute approximate surface area is 181 Å². The monoisotopic (exact) mass is 451 g/mol. The largest absolute Gasteiger partial charge is 0.512 e. The van der Waals surface area contributed by atoms with Crippen molar-refractivity contribution < 1.29 is 27.4 Å². The summed E-state index contributed by atoms with van der Waals surface area (Å²) < 4.78 is 43.1. The molecule has 0 aliphatic rings. The van der Waals surface area contributed by atoms with Crippen LogP contribution >= 0.6 is 0 Å². The molecule has 1 aromatic heterocycles. The molecule has 0 bridgehead atoms. The van der Waals surface area contributed by atoms with Gasteiger partial charge < -0.3 is 9.84 Å². The number of aromatic nitrogens is 2. The Balaban J connectivity index is 2.66. The zero-order valence-electron chi connectivity index (χ0n) is 18.1. The average molecular weight is 452 g/mol. The van der Waals surface area contributed by atoms with E-state index in [-0.39, 0.29) is 30.5 Å². The van der Waals surface area contributed by atoms with Crippen molar-refractivity contribution in [3.05, 3.63) is 53.2 Å². The lowest BCUT2D eigenvalue weighted by Gasteiger charge is -2.21. The number of sulfonamides is 1. The maximum atomic E-state index is 13.5. The number of rotatable bonds is 8. The second-order valence-corrected chi connectivity index (χ2v) is 9.30. The zero-order valence-corrected chi connectivity index (χ0v) is 18.9. The van der Waals surface area contributed by atoms with Crippen molar-refractivity contribution in [1.82, 2.24) is 9.97 Å². The molecule has 0 fully saturated rings. The van der Waals surface area contributed by atoms with E-state index in [0.29, 0.717) is 22.5 Å². The van der Waals surface area contributed by atoms with E-state index in [0.717, 1.165) is 16.6 Å². The van der Waals surface area contributed by atoms with E-state index in [1.807, 2.05) is 13.8 Å². The SMILES string of the molecule is COC(=O)C=C(O)CCc1c(-c2ccc(F)cc2)nc(N(C)S(C)(=O)=O)nc1C(C)C. The number of allylic oxidation sites excluding steroid dienone is 1. The van der Waals surface area contributed by atoms with E-state index in [4.69, 9.17) is 0 Å². The van der Waals surface area contributed by atoms with Gasteiger partial charge in [0.05, 0.1) is 36.6 Å². The van der Waals surface area contributed by atoms with Crippen LogP contribution in [0.3, 0.4) is 0 Å². The lowest BCUT2D eigenvalue weighted by Crippen LogP contribution is -2.28. The Morgan fingerprint density at radius 3 is 2.39 bits per heavy atom. The molecule has 0 spiro atoms. The number of carbonyl (C=O) groups excluding carboxylic acids is 1. The van der Waals surface area contributed by atoms with Crippen LogP contribution in [-0.2, 0) is 26.0 Å². The van der Waals surface area contributed by atoms with Gasteiger partial charge in [-0.25, -0.2) is 31.9 Å². The summed E-state index contributed by atoms with van der Waals surface area (Å²) in [6.45, 7) is 3.79. The first-order valence-corrected chi connectivity index (χ1v) is 11.4. The van der Waals surface area contributed by atoms with E-state index >= 15 is 0 Å². The molecule has 0 radical (unpaired) electrons. The van der Waals surface area contributed by atoms with Gasteiger partial charge in [0.2, 0.25) is 16.0 Å². The van der Waals surface area contributed by atoms with Crippen molar-refractivity contribution in [3.8, 4) is 11.3 Å². The molecule has 1 heterocycles. The highest BCUT2D eigenvalue weighted by molar-refractivity contribution is 7.92. The third kappa shape index (κ3) is 6.24. The maximum Gasteiger partial charge on any atom is 0.333 e. The van der Waals surface area contributed by atoms with Crippen LogP contribution in [0.15, 0.2) is 36.1 Å². The number of nitrogens with zero attached hydrogens (tertiary/aromatic N) is 3. The van der Waals surface area contributed by atoms with Crippen molar-refractivity contribution >= 4 is 21.9 Å². The van der Waals surface area contributed by atoms with Crippen LogP contribution in [0, 0.1) is 5.82 Å². The maximum absolute atomic E-state index is 13.5. The molecule has 2 aromatic rings. The van der Waals surface area contributed by atoms with Gasteiger partial charge in [-0.1, -0.05) is 13.8 Å². The van der Waals surface area contributed by atoms with Gasteiger partial charge in [0, 0.05) is 24.6 Å².